The molecule has 1 N–H and O–H groups in total. The van der Waals surface area contributed by atoms with Crippen LogP contribution in [0.25, 0.3) is 0 Å². The first-order valence-electron chi connectivity index (χ1n) is 6.30. The summed E-state index contributed by atoms with van der Waals surface area (Å²) in [6.45, 7) is 1.87. The second kappa shape index (κ2) is 6.40. The zero-order chi connectivity index (χ0) is 12.8. The number of hydrogen-bond acceptors (Lipinski definition) is 4. The van der Waals surface area contributed by atoms with E-state index < -0.39 is 0 Å². The Hall–Kier alpha value is -1.55. The number of nitrogens with one attached hydrogen (secondary N) is 1. The Bertz CT molecular complexity index is 402. The molecule has 0 aliphatic heterocycles. The molecule has 1 aliphatic rings. The van der Waals surface area contributed by atoms with Crippen molar-refractivity contribution in [2.75, 3.05) is 20.3 Å². The van der Waals surface area contributed by atoms with Gasteiger partial charge in [0, 0.05) is 13.1 Å². The number of hydrogen-bond donors (Lipinski definition) is 1. The van der Waals surface area contributed by atoms with Crippen LogP contribution >= 0.6 is 0 Å². The summed E-state index contributed by atoms with van der Waals surface area (Å²) in [4.78, 5) is 11.3. The van der Waals surface area contributed by atoms with Crippen molar-refractivity contribution in [3.05, 3.63) is 29.8 Å². The summed E-state index contributed by atoms with van der Waals surface area (Å²) in [5.74, 6) is 0.996. The van der Waals surface area contributed by atoms with E-state index in [0.29, 0.717) is 13.2 Å². The third-order valence-electron chi connectivity index (χ3n) is 2.90. The number of carbonyl (C=O) groups excluding carboxylic acids is 1. The Morgan fingerprint density at radius 3 is 3.00 bits per heavy atom. The molecule has 4 heteroatoms. The van der Waals surface area contributed by atoms with Gasteiger partial charge in [-0.2, -0.15) is 0 Å². The Morgan fingerprint density at radius 1 is 1.44 bits per heavy atom. The van der Waals surface area contributed by atoms with Gasteiger partial charge in [-0.15, -0.1) is 0 Å². The van der Waals surface area contributed by atoms with Gasteiger partial charge in [0.2, 0.25) is 0 Å². The molecule has 0 amide bonds. The molecule has 0 spiro atoms. The van der Waals surface area contributed by atoms with Crippen molar-refractivity contribution in [1.82, 2.24) is 5.32 Å². The van der Waals surface area contributed by atoms with Gasteiger partial charge in [0.15, 0.2) is 0 Å². The molecule has 0 bridgehead atoms. The fourth-order valence-corrected chi connectivity index (χ4v) is 1.68. The summed E-state index contributed by atoms with van der Waals surface area (Å²) < 4.78 is 10.3. The molecule has 2 rings (SSSR count). The van der Waals surface area contributed by atoms with Crippen LogP contribution in [-0.4, -0.2) is 26.2 Å². The number of benzene rings is 1. The first-order chi connectivity index (χ1) is 8.79. The summed E-state index contributed by atoms with van der Waals surface area (Å²) in [5.41, 5.74) is 1.16. The standard InChI is InChI=1S/C14H19NO3/c1-17-13-4-2-3-11(9-13)10-15-7-8-18-14(16)12-5-6-12/h2-4,9,12,15H,5-8,10H2,1H3. The Morgan fingerprint density at radius 2 is 2.28 bits per heavy atom. The summed E-state index contributed by atoms with van der Waals surface area (Å²) in [5, 5.41) is 3.23. The van der Waals surface area contributed by atoms with Crippen LogP contribution in [0.15, 0.2) is 24.3 Å². The normalized spacial score (nSPS) is 14.3. The third kappa shape index (κ3) is 4.04. The molecule has 1 aromatic rings. The maximum atomic E-state index is 11.3. The highest BCUT2D eigenvalue weighted by molar-refractivity contribution is 5.74. The van der Waals surface area contributed by atoms with Crippen molar-refractivity contribution in [2.24, 2.45) is 5.92 Å². The lowest BCUT2D eigenvalue weighted by atomic mass is 10.2. The monoisotopic (exact) mass is 249 g/mol. The molecule has 4 nitrogen and oxygen atoms in total. The van der Waals surface area contributed by atoms with E-state index >= 15 is 0 Å². The largest absolute Gasteiger partial charge is 0.497 e. The van der Waals surface area contributed by atoms with Gasteiger partial charge in [-0.1, -0.05) is 12.1 Å². The average Bonchev–Trinajstić information content (AvgIpc) is 3.23. The van der Waals surface area contributed by atoms with Crippen molar-refractivity contribution in [1.29, 1.82) is 0 Å². The van der Waals surface area contributed by atoms with Gasteiger partial charge in [0.1, 0.15) is 12.4 Å². The minimum atomic E-state index is -0.0434. The highest BCUT2D eigenvalue weighted by Crippen LogP contribution is 2.29. The Balaban J connectivity index is 1.60. The maximum Gasteiger partial charge on any atom is 0.308 e. The van der Waals surface area contributed by atoms with Crippen LogP contribution in [0.4, 0.5) is 0 Å². The van der Waals surface area contributed by atoms with Gasteiger partial charge in [0.05, 0.1) is 13.0 Å². The van der Waals surface area contributed by atoms with Crippen LogP contribution in [-0.2, 0) is 16.1 Å². The van der Waals surface area contributed by atoms with Crippen LogP contribution in [0.3, 0.4) is 0 Å². The SMILES string of the molecule is COc1cccc(CNCCOC(=O)C2CC2)c1. The number of methoxy groups -OCH3 is 1. The quantitative estimate of drug-likeness (QED) is 0.590. The van der Waals surface area contributed by atoms with E-state index in [2.05, 4.69) is 5.32 Å². The van der Waals surface area contributed by atoms with Crippen LogP contribution in [0, 0.1) is 5.92 Å². The van der Waals surface area contributed by atoms with Crippen molar-refractivity contribution >= 4 is 5.97 Å². The molecule has 18 heavy (non-hydrogen) atoms. The van der Waals surface area contributed by atoms with E-state index in [9.17, 15) is 4.79 Å². The van der Waals surface area contributed by atoms with E-state index in [1.165, 1.54) is 0 Å². The summed E-state index contributed by atoms with van der Waals surface area (Å²) in [7, 11) is 1.66. The van der Waals surface area contributed by atoms with Gasteiger partial charge < -0.3 is 14.8 Å². The zero-order valence-electron chi connectivity index (χ0n) is 10.6. The van der Waals surface area contributed by atoms with Gasteiger partial charge >= 0.3 is 5.97 Å². The summed E-state index contributed by atoms with van der Waals surface area (Å²) in [6.07, 6.45) is 1.99. The highest BCUT2D eigenvalue weighted by Gasteiger charge is 2.30. The maximum absolute atomic E-state index is 11.3. The van der Waals surface area contributed by atoms with Crippen molar-refractivity contribution in [3.63, 3.8) is 0 Å². The zero-order valence-corrected chi connectivity index (χ0v) is 10.6. The smallest absolute Gasteiger partial charge is 0.308 e. The minimum Gasteiger partial charge on any atom is -0.497 e. The number of ether oxygens (including phenoxy) is 2. The van der Waals surface area contributed by atoms with Crippen molar-refractivity contribution in [2.45, 2.75) is 19.4 Å². The molecule has 0 aromatic heterocycles. The highest BCUT2D eigenvalue weighted by atomic mass is 16.5. The molecular formula is C14H19NO3. The van der Waals surface area contributed by atoms with Gasteiger partial charge in [-0.3, -0.25) is 4.79 Å². The van der Waals surface area contributed by atoms with Gasteiger partial charge in [-0.25, -0.2) is 0 Å². The minimum absolute atomic E-state index is 0.0434. The lowest BCUT2D eigenvalue weighted by Crippen LogP contribution is -2.21. The first-order valence-corrected chi connectivity index (χ1v) is 6.30. The number of carbonyl (C=O) groups is 1. The topological polar surface area (TPSA) is 47.6 Å². The van der Waals surface area contributed by atoms with Crippen molar-refractivity contribution < 1.29 is 14.3 Å². The van der Waals surface area contributed by atoms with Gasteiger partial charge in [-0.05, 0) is 30.5 Å². The Kier molecular flexibility index (Phi) is 4.59. The van der Waals surface area contributed by atoms with E-state index in [0.717, 1.165) is 30.7 Å². The molecule has 1 fully saturated rings. The third-order valence-corrected chi connectivity index (χ3v) is 2.90. The number of rotatable bonds is 7. The fourth-order valence-electron chi connectivity index (χ4n) is 1.68. The summed E-state index contributed by atoms with van der Waals surface area (Å²) >= 11 is 0. The Labute approximate surface area is 107 Å². The molecule has 98 valence electrons. The molecular weight excluding hydrogens is 230 g/mol. The second-order valence-corrected chi connectivity index (χ2v) is 4.47. The van der Waals surface area contributed by atoms with E-state index in [1.54, 1.807) is 7.11 Å². The van der Waals surface area contributed by atoms with Crippen LogP contribution in [0.5, 0.6) is 5.75 Å². The average molecular weight is 249 g/mol. The van der Waals surface area contributed by atoms with Crippen molar-refractivity contribution in [3.8, 4) is 5.75 Å². The van der Waals surface area contributed by atoms with Crippen LogP contribution in [0.1, 0.15) is 18.4 Å². The summed E-state index contributed by atoms with van der Waals surface area (Å²) in [6, 6.07) is 7.90. The fraction of sp³-hybridized carbons (Fsp3) is 0.500. The molecule has 1 saturated carbocycles. The first kappa shape index (κ1) is 12.9. The van der Waals surface area contributed by atoms with E-state index in [4.69, 9.17) is 9.47 Å². The number of esters is 1. The lowest BCUT2D eigenvalue weighted by molar-refractivity contribution is -0.145. The molecule has 1 aromatic carbocycles. The lowest BCUT2D eigenvalue weighted by Gasteiger charge is -2.07. The van der Waals surface area contributed by atoms with E-state index in [-0.39, 0.29) is 11.9 Å². The molecule has 0 heterocycles. The molecule has 0 saturated heterocycles. The predicted molar refractivity (Wildman–Crippen MR) is 68.4 cm³/mol. The molecule has 0 atom stereocenters. The van der Waals surface area contributed by atoms with E-state index in [1.807, 2.05) is 24.3 Å². The predicted octanol–water partition coefficient (Wildman–Crippen LogP) is 1.74. The molecule has 0 radical (unpaired) electrons. The van der Waals surface area contributed by atoms with Crippen LogP contribution in [0.2, 0.25) is 0 Å². The molecule has 1 aliphatic carbocycles. The molecule has 0 unspecified atom stereocenters. The van der Waals surface area contributed by atoms with Gasteiger partial charge in [0.25, 0.3) is 0 Å². The second-order valence-electron chi connectivity index (χ2n) is 4.47. The van der Waals surface area contributed by atoms with Crippen LogP contribution < -0.4 is 10.1 Å².